The van der Waals surface area contributed by atoms with Crippen molar-refractivity contribution in [1.82, 2.24) is 0 Å². The molecule has 2 nitrogen and oxygen atoms in total. The summed E-state index contributed by atoms with van der Waals surface area (Å²) in [5.41, 5.74) is 4.26. The minimum atomic E-state index is -4.66. The van der Waals surface area contributed by atoms with Gasteiger partial charge in [0.25, 0.3) is 0 Å². The molecule has 0 saturated heterocycles. The molecule has 1 atom stereocenters. The summed E-state index contributed by atoms with van der Waals surface area (Å²) in [7, 11) is 1.29. The number of methoxy groups -OCH3 is 1. The standard InChI is InChI=1S/C9H9F4NO.ClH/c1-15-5-2-3-6(7(10)4-5)8(14)9(11,12)13;/h2-4,8H,14H2,1H3;1H/t8-;/m1./s1. The van der Waals surface area contributed by atoms with Gasteiger partial charge in [0.05, 0.1) is 7.11 Å². The molecule has 0 radical (unpaired) electrons. The molecular weight excluding hydrogens is 250 g/mol. The molecule has 0 aliphatic heterocycles. The van der Waals surface area contributed by atoms with Crippen molar-refractivity contribution in [3.8, 4) is 5.75 Å². The molecule has 16 heavy (non-hydrogen) atoms. The van der Waals surface area contributed by atoms with Crippen LogP contribution < -0.4 is 10.5 Å². The summed E-state index contributed by atoms with van der Waals surface area (Å²) >= 11 is 0. The van der Waals surface area contributed by atoms with Gasteiger partial charge in [0.15, 0.2) is 0 Å². The molecule has 0 amide bonds. The third kappa shape index (κ3) is 3.24. The minimum absolute atomic E-state index is 0. The zero-order chi connectivity index (χ0) is 11.6. The first-order chi connectivity index (χ1) is 6.86. The Kier molecular flexibility index (Phi) is 5.02. The van der Waals surface area contributed by atoms with Crippen molar-refractivity contribution in [2.75, 3.05) is 7.11 Å². The Morgan fingerprint density at radius 1 is 1.31 bits per heavy atom. The summed E-state index contributed by atoms with van der Waals surface area (Å²) in [5, 5.41) is 0. The van der Waals surface area contributed by atoms with E-state index in [0.717, 1.165) is 12.1 Å². The largest absolute Gasteiger partial charge is 0.497 e. The molecule has 2 N–H and O–H groups in total. The van der Waals surface area contributed by atoms with E-state index in [4.69, 9.17) is 5.73 Å². The van der Waals surface area contributed by atoms with Crippen LogP contribution in [0.5, 0.6) is 5.75 Å². The summed E-state index contributed by atoms with van der Waals surface area (Å²) in [6.45, 7) is 0. The van der Waals surface area contributed by atoms with E-state index in [9.17, 15) is 17.6 Å². The fourth-order valence-corrected chi connectivity index (χ4v) is 1.06. The van der Waals surface area contributed by atoms with Crippen molar-refractivity contribution in [3.05, 3.63) is 29.6 Å². The summed E-state index contributed by atoms with van der Waals surface area (Å²) in [6.07, 6.45) is -4.66. The van der Waals surface area contributed by atoms with Gasteiger partial charge in [-0.3, -0.25) is 0 Å². The van der Waals surface area contributed by atoms with Gasteiger partial charge in [0.2, 0.25) is 0 Å². The van der Waals surface area contributed by atoms with Crippen LogP contribution in [-0.4, -0.2) is 13.3 Å². The van der Waals surface area contributed by atoms with Crippen LogP contribution in [0.1, 0.15) is 11.6 Å². The molecule has 0 spiro atoms. The van der Waals surface area contributed by atoms with E-state index < -0.39 is 23.6 Å². The third-order valence-corrected chi connectivity index (χ3v) is 1.90. The van der Waals surface area contributed by atoms with Gasteiger partial charge in [0.1, 0.15) is 17.6 Å². The summed E-state index contributed by atoms with van der Waals surface area (Å²) in [4.78, 5) is 0. The number of halogens is 5. The Morgan fingerprint density at radius 3 is 2.25 bits per heavy atom. The van der Waals surface area contributed by atoms with Crippen LogP contribution in [0.4, 0.5) is 17.6 Å². The normalized spacial score (nSPS) is 12.9. The van der Waals surface area contributed by atoms with Crippen LogP contribution in [0.3, 0.4) is 0 Å². The molecule has 0 fully saturated rings. The lowest BCUT2D eigenvalue weighted by Crippen LogP contribution is -2.29. The average Bonchev–Trinajstić information content (AvgIpc) is 2.15. The van der Waals surface area contributed by atoms with E-state index >= 15 is 0 Å². The van der Waals surface area contributed by atoms with Crippen molar-refractivity contribution in [3.63, 3.8) is 0 Å². The Balaban J connectivity index is 0.00000225. The maximum atomic E-state index is 13.2. The van der Waals surface area contributed by atoms with Crippen molar-refractivity contribution in [2.24, 2.45) is 5.73 Å². The van der Waals surface area contributed by atoms with E-state index in [-0.39, 0.29) is 18.2 Å². The fourth-order valence-electron chi connectivity index (χ4n) is 1.06. The van der Waals surface area contributed by atoms with E-state index in [1.807, 2.05) is 0 Å². The molecule has 0 heterocycles. The van der Waals surface area contributed by atoms with E-state index in [0.29, 0.717) is 0 Å². The first-order valence-corrected chi connectivity index (χ1v) is 4.02. The number of rotatable bonds is 2. The molecule has 1 rings (SSSR count). The van der Waals surface area contributed by atoms with Crippen LogP contribution in [0.25, 0.3) is 0 Å². The first kappa shape index (κ1) is 15.0. The minimum Gasteiger partial charge on any atom is -0.497 e. The highest BCUT2D eigenvalue weighted by Gasteiger charge is 2.39. The number of alkyl halides is 3. The molecule has 0 bridgehead atoms. The second kappa shape index (κ2) is 5.36. The Bertz CT molecular complexity index is 356. The SMILES string of the molecule is COc1ccc([C@@H](N)C(F)(F)F)c(F)c1.Cl. The molecule has 0 aliphatic carbocycles. The lowest BCUT2D eigenvalue weighted by atomic mass is 10.1. The molecular formula is C9H10ClF4NO. The van der Waals surface area contributed by atoms with Crippen LogP contribution in [0.2, 0.25) is 0 Å². The Labute approximate surface area is 95.8 Å². The van der Waals surface area contributed by atoms with E-state index in [1.165, 1.54) is 13.2 Å². The summed E-state index contributed by atoms with van der Waals surface area (Å²) in [6, 6.07) is 0.737. The predicted molar refractivity (Wildman–Crippen MR) is 53.2 cm³/mol. The Hall–Kier alpha value is -1.01. The van der Waals surface area contributed by atoms with Gasteiger partial charge in [0, 0.05) is 11.6 Å². The molecule has 1 aromatic rings. The number of benzene rings is 1. The first-order valence-electron chi connectivity index (χ1n) is 4.02. The van der Waals surface area contributed by atoms with Gasteiger partial charge in [-0.15, -0.1) is 12.4 Å². The molecule has 0 unspecified atom stereocenters. The van der Waals surface area contributed by atoms with Gasteiger partial charge >= 0.3 is 6.18 Å². The highest BCUT2D eigenvalue weighted by atomic mass is 35.5. The van der Waals surface area contributed by atoms with Crippen LogP contribution in [-0.2, 0) is 0 Å². The zero-order valence-electron chi connectivity index (χ0n) is 8.22. The lowest BCUT2D eigenvalue weighted by Gasteiger charge is -2.16. The maximum absolute atomic E-state index is 13.2. The quantitative estimate of drug-likeness (QED) is 0.829. The van der Waals surface area contributed by atoms with Gasteiger partial charge in [-0.1, -0.05) is 6.07 Å². The number of ether oxygens (including phenoxy) is 1. The predicted octanol–water partition coefficient (Wildman–Crippen LogP) is 2.82. The number of hydrogen-bond acceptors (Lipinski definition) is 2. The highest BCUT2D eigenvalue weighted by molar-refractivity contribution is 5.85. The third-order valence-electron chi connectivity index (χ3n) is 1.90. The van der Waals surface area contributed by atoms with Crippen LogP contribution >= 0.6 is 12.4 Å². The maximum Gasteiger partial charge on any atom is 0.407 e. The highest BCUT2D eigenvalue weighted by Crippen LogP contribution is 2.32. The van der Waals surface area contributed by atoms with Gasteiger partial charge < -0.3 is 10.5 Å². The number of nitrogens with two attached hydrogens (primary N) is 1. The second-order valence-electron chi connectivity index (χ2n) is 2.91. The molecule has 1 aromatic carbocycles. The average molecular weight is 260 g/mol. The topological polar surface area (TPSA) is 35.2 Å². The van der Waals surface area contributed by atoms with Crippen molar-refractivity contribution in [2.45, 2.75) is 12.2 Å². The number of hydrogen-bond donors (Lipinski definition) is 1. The molecule has 0 aromatic heterocycles. The lowest BCUT2D eigenvalue weighted by molar-refractivity contribution is -0.149. The molecule has 7 heteroatoms. The van der Waals surface area contributed by atoms with Crippen LogP contribution in [0, 0.1) is 5.82 Å². The molecule has 92 valence electrons. The summed E-state index contributed by atoms with van der Waals surface area (Å²) in [5.74, 6) is -0.884. The van der Waals surface area contributed by atoms with E-state index in [1.54, 1.807) is 0 Å². The van der Waals surface area contributed by atoms with Crippen molar-refractivity contribution in [1.29, 1.82) is 0 Å². The fraction of sp³-hybridized carbons (Fsp3) is 0.333. The smallest absolute Gasteiger partial charge is 0.407 e. The van der Waals surface area contributed by atoms with Gasteiger partial charge in [-0.25, -0.2) is 4.39 Å². The van der Waals surface area contributed by atoms with Gasteiger partial charge in [-0.2, -0.15) is 13.2 Å². The van der Waals surface area contributed by atoms with Crippen LogP contribution in [0.15, 0.2) is 18.2 Å². The second-order valence-corrected chi connectivity index (χ2v) is 2.91. The van der Waals surface area contributed by atoms with Crippen molar-refractivity contribution >= 4 is 12.4 Å². The molecule has 0 saturated carbocycles. The molecule has 0 aliphatic rings. The van der Waals surface area contributed by atoms with Crippen molar-refractivity contribution < 1.29 is 22.3 Å². The Morgan fingerprint density at radius 2 is 1.88 bits per heavy atom. The van der Waals surface area contributed by atoms with Gasteiger partial charge in [-0.05, 0) is 6.07 Å². The van der Waals surface area contributed by atoms with E-state index in [2.05, 4.69) is 4.74 Å². The zero-order valence-corrected chi connectivity index (χ0v) is 9.03. The summed E-state index contributed by atoms with van der Waals surface area (Å²) < 4.78 is 54.3. The monoisotopic (exact) mass is 259 g/mol.